The van der Waals surface area contributed by atoms with E-state index in [0.717, 1.165) is 6.08 Å². The Kier molecular flexibility index (Phi) is 11.0. The molecule has 5 nitrogen and oxygen atoms in total. The van der Waals surface area contributed by atoms with Gasteiger partial charge in [-0.15, -0.1) is 0 Å². The van der Waals surface area contributed by atoms with Gasteiger partial charge in [0.15, 0.2) is 0 Å². The van der Waals surface area contributed by atoms with Crippen LogP contribution in [-0.2, 0) is 19.1 Å². The maximum Gasteiger partial charge on any atom is 0.334 e. The van der Waals surface area contributed by atoms with E-state index in [9.17, 15) is 9.59 Å². The van der Waals surface area contributed by atoms with E-state index in [2.05, 4.69) is 22.6 Å². The van der Waals surface area contributed by atoms with Gasteiger partial charge in [-0.2, -0.15) is 0 Å². The molecule has 15 heavy (non-hydrogen) atoms. The Morgan fingerprint density at radius 3 is 2.20 bits per heavy atom. The number of methoxy groups -OCH3 is 1. The van der Waals surface area contributed by atoms with Crippen LogP contribution in [0.1, 0.15) is 6.92 Å². The van der Waals surface area contributed by atoms with Crippen molar-refractivity contribution in [2.75, 3.05) is 13.7 Å². The Balaban J connectivity index is 0. The fourth-order valence-electron chi connectivity index (χ4n) is 0.345. The highest BCUT2D eigenvalue weighted by molar-refractivity contribution is 5.80. The van der Waals surface area contributed by atoms with Gasteiger partial charge in [0.1, 0.15) is 12.7 Å². The van der Waals surface area contributed by atoms with Crippen LogP contribution in [0, 0.1) is 0 Å². The van der Waals surface area contributed by atoms with E-state index in [1.165, 1.54) is 20.1 Å². The van der Waals surface area contributed by atoms with Crippen molar-refractivity contribution in [3.05, 3.63) is 25.3 Å². The first-order valence-corrected chi connectivity index (χ1v) is 4.15. The number of hydrogen-bond acceptors (Lipinski definition) is 5. The first-order chi connectivity index (χ1) is 6.99. The zero-order valence-electron chi connectivity index (χ0n) is 8.93. The normalized spacial score (nSPS) is 10.1. The quantitative estimate of drug-likeness (QED) is 0.419. The van der Waals surface area contributed by atoms with Crippen molar-refractivity contribution in [2.45, 2.75) is 13.0 Å². The standard InChI is InChI=1S/C6H10O3.C4H6O2/c1-3-4-9-6(8)5(2)7;1-3-4(5)6-2/h3,5,7H,1,4H2,2H3;3H,1H2,2H3. The van der Waals surface area contributed by atoms with Crippen LogP contribution < -0.4 is 0 Å². The number of carbonyl (C=O) groups excluding carboxylic acids is 2. The maximum atomic E-state index is 10.4. The molecule has 1 atom stereocenters. The van der Waals surface area contributed by atoms with Crippen LogP contribution in [0.2, 0.25) is 0 Å². The molecule has 0 aliphatic rings. The Bertz CT molecular complexity index is 220. The summed E-state index contributed by atoms with van der Waals surface area (Å²) in [5, 5.41) is 8.54. The van der Waals surface area contributed by atoms with Gasteiger partial charge in [0, 0.05) is 6.08 Å². The predicted molar refractivity (Wildman–Crippen MR) is 55.0 cm³/mol. The summed E-state index contributed by atoms with van der Waals surface area (Å²) in [5.74, 6) is -1.01. The lowest BCUT2D eigenvalue weighted by atomic mass is 10.4. The molecule has 0 radical (unpaired) electrons. The summed E-state index contributed by atoms with van der Waals surface area (Å²) < 4.78 is 8.59. The number of esters is 2. The van der Waals surface area contributed by atoms with Crippen molar-refractivity contribution in [1.29, 1.82) is 0 Å². The van der Waals surface area contributed by atoms with E-state index >= 15 is 0 Å². The predicted octanol–water partition coefficient (Wildman–Crippen LogP) is 0.442. The van der Waals surface area contributed by atoms with E-state index in [0.29, 0.717) is 0 Å². The Morgan fingerprint density at radius 2 is 2.00 bits per heavy atom. The summed E-state index contributed by atoms with van der Waals surface area (Å²) in [4.78, 5) is 20.2. The number of aliphatic hydroxyl groups excluding tert-OH is 1. The van der Waals surface area contributed by atoms with Crippen molar-refractivity contribution in [2.24, 2.45) is 0 Å². The lowest BCUT2D eigenvalue weighted by Gasteiger charge is -2.01. The second-order valence-corrected chi connectivity index (χ2v) is 2.32. The summed E-state index contributed by atoms with van der Waals surface area (Å²) in [6.45, 7) is 8.00. The molecule has 0 spiro atoms. The van der Waals surface area contributed by atoms with E-state index in [1.54, 1.807) is 0 Å². The van der Waals surface area contributed by atoms with Crippen LogP contribution >= 0.6 is 0 Å². The minimum atomic E-state index is -1.04. The number of carbonyl (C=O) groups is 2. The van der Waals surface area contributed by atoms with E-state index in [-0.39, 0.29) is 6.61 Å². The molecule has 0 amide bonds. The second-order valence-electron chi connectivity index (χ2n) is 2.32. The van der Waals surface area contributed by atoms with Crippen molar-refractivity contribution >= 4 is 11.9 Å². The van der Waals surface area contributed by atoms with E-state index in [1.807, 2.05) is 0 Å². The average Bonchev–Trinajstić information content (AvgIpc) is 2.25. The van der Waals surface area contributed by atoms with E-state index in [4.69, 9.17) is 5.11 Å². The Morgan fingerprint density at radius 1 is 1.47 bits per heavy atom. The molecular formula is C10H16O5. The van der Waals surface area contributed by atoms with Gasteiger partial charge in [-0.3, -0.25) is 0 Å². The van der Waals surface area contributed by atoms with Gasteiger partial charge in [-0.1, -0.05) is 19.2 Å². The molecule has 0 aromatic carbocycles. The third kappa shape index (κ3) is 12.4. The summed E-state index contributed by atoms with van der Waals surface area (Å²) >= 11 is 0. The van der Waals surface area contributed by atoms with Crippen LogP contribution in [0.25, 0.3) is 0 Å². The third-order valence-corrected chi connectivity index (χ3v) is 1.05. The fourth-order valence-corrected chi connectivity index (χ4v) is 0.345. The number of aliphatic hydroxyl groups is 1. The maximum absolute atomic E-state index is 10.4. The van der Waals surface area contributed by atoms with Crippen molar-refractivity contribution < 1.29 is 24.2 Å². The second kappa shape index (κ2) is 10.5. The molecule has 0 rings (SSSR count). The lowest BCUT2D eigenvalue weighted by molar-refractivity contribution is -0.151. The molecule has 0 saturated heterocycles. The molecule has 1 N–H and O–H groups in total. The number of rotatable bonds is 4. The van der Waals surface area contributed by atoms with Crippen LogP contribution in [0.4, 0.5) is 0 Å². The molecule has 86 valence electrons. The van der Waals surface area contributed by atoms with Gasteiger partial charge in [-0.05, 0) is 6.92 Å². The fraction of sp³-hybridized carbons (Fsp3) is 0.400. The molecular weight excluding hydrogens is 200 g/mol. The SMILES string of the molecule is C=CC(=O)OC.C=CCOC(=O)C(C)O. The third-order valence-electron chi connectivity index (χ3n) is 1.05. The van der Waals surface area contributed by atoms with Crippen LogP contribution in [0.5, 0.6) is 0 Å². The minimum Gasteiger partial charge on any atom is -0.466 e. The Hall–Kier alpha value is -1.62. The van der Waals surface area contributed by atoms with Gasteiger partial charge < -0.3 is 14.6 Å². The molecule has 0 heterocycles. The topological polar surface area (TPSA) is 72.8 Å². The summed E-state index contributed by atoms with van der Waals surface area (Å²) in [5.41, 5.74) is 0. The number of hydrogen-bond donors (Lipinski definition) is 1. The molecule has 1 unspecified atom stereocenters. The molecule has 0 aromatic rings. The van der Waals surface area contributed by atoms with Gasteiger partial charge in [0.25, 0.3) is 0 Å². The molecule has 0 aliphatic carbocycles. The first kappa shape index (κ1) is 15.8. The highest BCUT2D eigenvalue weighted by atomic mass is 16.5. The van der Waals surface area contributed by atoms with Gasteiger partial charge in [0.2, 0.25) is 0 Å². The van der Waals surface area contributed by atoms with Crippen LogP contribution in [0.15, 0.2) is 25.3 Å². The van der Waals surface area contributed by atoms with Crippen LogP contribution in [0.3, 0.4) is 0 Å². The molecule has 0 aliphatic heterocycles. The molecule has 0 bridgehead atoms. The first-order valence-electron chi connectivity index (χ1n) is 4.15. The Labute approximate surface area is 89.0 Å². The average molecular weight is 216 g/mol. The van der Waals surface area contributed by atoms with Gasteiger partial charge in [-0.25, -0.2) is 9.59 Å². The zero-order valence-corrected chi connectivity index (χ0v) is 8.93. The van der Waals surface area contributed by atoms with E-state index < -0.39 is 18.0 Å². The van der Waals surface area contributed by atoms with Gasteiger partial charge >= 0.3 is 11.9 Å². The van der Waals surface area contributed by atoms with Crippen molar-refractivity contribution in [3.8, 4) is 0 Å². The van der Waals surface area contributed by atoms with Crippen molar-refractivity contribution in [1.82, 2.24) is 0 Å². The molecule has 0 aromatic heterocycles. The highest BCUT2D eigenvalue weighted by Crippen LogP contribution is 1.85. The van der Waals surface area contributed by atoms with Gasteiger partial charge in [0.05, 0.1) is 7.11 Å². The summed E-state index contributed by atoms with van der Waals surface area (Å²) in [6, 6.07) is 0. The number of ether oxygens (including phenoxy) is 2. The minimum absolute atomic E-state index is 0.156. The largest absolute Gasteiger partial charge is 0.466 e. The summed E-state index contributed by atoms with van der Waals surface area (Å²) in [6.07, 6.45) is 1.52. The van der Waals surface area contributed by atoms with Crippen LogP contribution in [-0.4, -0.2) is 36.9 Å². The molecule has 0 fully saturated rings. The smallest absolute Gasteiger partial charge is 0.334 e. The zero-order chi connectivity index (χ0) is 12.3. The highest BCUT2D eigenvalue weighted by Gasteiger charge is 2.07. The summed E-state index contributed by atoms with van der Waals surface area (Å²) in [7, 11) is 1.31. The van der Waals surface area contributed by atoms with Crippen molar-refractivity contribution in [3.63, 3.8) is 0 Å². The lowest BCUT2D eigenvalue weighted by Crippen LogP contribution is -2.19. The molecule has 5 heteroatoms. The molecule has 0 saturated carbocycles. The monoisotopic (exact) mass is 216 g/mol.